The van der Waals surface area contributed by atoms with Crippen molar-refractivity contribution >= 4 is 26.7 Å². The number of hydrogen-bond donors (Lipinski definition) is 0. The van der Waals surface area contributed by atoms with Gasteiger partial charge in [0.05, 0.1) is 0 Å². The van der Waals surface area contributed by atoms with Crippen LogP contribution >= 0.6 is 11.3 Å². The van der Waals surface area contributed by atoms with Crippen LogP contribution in [-0.4, -0.2) is 14.7 Å². The molecule has 0 aliphatic rings. The molecule has 88 valence electrons. The summed E-state index contributed by atoms with van der Waals surface area (Å²) in [5.74, 6) is 0. The van der Waals surface area contributed by atoms with Crippen molar-refractivity contribution in [2.24, 2.45) is 0 Å². The first kappa shape index (κ1) is 12.1. The molecule has 0 saturated carbocycles. The fourth-order valence-corrected chi connectivity index (χ4v) is 3.06. The quantitative estimate of drug-likeness (QED) is 0.853. The Balaban J connectivity index is 2.58. The molecule has 0 aliphatic carbocycles. The highest BCUT2D eigenvalue weighted by atomic mass is 32.2. The number of thiophene rings is 1. The molecule has 0 N–H and O–H groups in total. The van der Waals surface area contributed by atoms with E-state index >= 15 is 0 Å². The molecule has 2 aromatic rings. The van der Waals surface area contributed by atoms with Crippen molar-refractivity contribution in [1.29, 1.82) is 0 Å². The Hall–Kier alpha value is -1.39. The lowest BCUT2D eigenvalue weighted by atomic mass is 10.1. The Morgan fingerprint density at radius 2 is 1.82 bits per heavy atom. The first-order valence-electron chi connectivity index (χ1n) is 5.07. The molecular formula is C13H12O2S2. The minimum atomic E-state index is -3.15. The zero-order valence-electron chi connectivity index (χ0n) is 9.33. The molecule has 1 aromatic heterocycles. The second-order valence-electron chi connectivity index (χ2n) is 3.70. The van der Waals surface area contributed by atoms with Crippen LogP contribution in [0.5, 0.6) is 0 Å². The predicted molar refractivity (Wildman–Crippen MR) is 72.7 cm³/mol. The summed E-state index contributed by atoms with van der Waals surface area (Å²) in [6.45, 7) is 0. The minimum Gasteiger partial charge on any atom is -0.225 e. The third-order valence-corrected chi connectivity index (χ3v) is 3.77. The van der Waals surface area contributed by atoms with E-state index in [9.17, 15) is 8.42 Å². The molecule has 17 heavy (non-hydrogen) atoms. The standard InChI is InChI=1S/C13H12O2S2/c1-17(14,15)10-12(13-8-5-9-16-13)11-6-3-2-4-7-11/h2-10H,1H3. The zero-order chi connectivity index (χ0) is 12.3. The predicted octanol–water partition coefficient (Wildman–Crippen LogP) is 3.18. The largest absolute Gasteiger partial charge is 0.225 e. The molecule has 0 fully saturated rings. The van der Waals surface area contributed by atoms with E-state index in [1.54, 1.807) is 0 Å². The van der Waals surface area contributed by atoms with Gasteiger partial charge in [-0.15, -0.1) is 11.3 Å². The van der Waals surface area contributed by atoms with Gasteiger partial charge in [0.1, 0.15) is 0 Å². The molecule has 4 heteroatoms. The lowest BCUT2D eigenvalue weighted by Crippen LogP contribution is -1.93. The maximum absolute atomic E-state index is 11.4. The Morgan fingerprint density at radius 3 is 2.35 bits per heavy atom. The average molecular weight is 264 g/mol. The highest BCUT2D eigenvalue weighted by molar-refractivity contribution is 7.93. The van der Waals surface area contributed by atoms with E-state index in [-0.39, 0.29) is 0 Å². The van der Waals surface area contributed by atoms with Crippen molar-refractivity contribution in [3.05, 3.63) is 63.7 Å². The molecule has 0 bridgehead atoms. The third-order valence-electron chi connectivity index (χ3n) is 2.20. The van der Waals surface area contributed by atoms with E-state index in [1.165, 1.54) is 23.0 Å². The van der Waals surface area contributed by atoms with Crippen molar-refractivity contribution in [3.63, 3.8) is 0 Å². The molecule has 0 unspecified atom stereocenters. The lowest BCUT2D eigenvalue weighted by molar-refractivity contribution is 0.610. The van der Waals surface area contributed by atoms with Crippen LogP contribution in [0, 0.1) is 0 Å². The van der Waals surface area contributed by atoms with Crippen LogP contribution < -0.4 is 0 Å². The van der Waals surface area contributed by atoms with Crippen molar-refractivity contribution in [3.8, 4) is 0 Å². The van der Waals surface area contributed by atoms with Crippen LogP contribution in [0.2, 0.25) is 0 Å². The van der Waals surface area contributed by atoms with Gasteiger partial charge in [0.2, 0.25) is 0 Å². The Kier molecular flexibility index (Phi) is 3.45. The molecule has 1 heterocycles. The molecule has 0 spiro atoms. The molecule has 0 radical (unpaired) electrons. The van der Waals surface area contributed by atoms with Gasteiger partial charge in [-0.2, -0.15) is 0 Å². The van der Waals surface area contributed by atoms with Crippen LogP contribution in [0.15, 0.2) is 53.3 Å². The zero-order valence-corrected chi connectivity index (χ0v) is 11.0. The maximum atomic E-state index is 11.4. The highest BCUT2D eigenvalue weighted by Crippen LogP contribution is 2.27. The molecule has 0 amide bonds. The summed E-state index contributed by atoms with van der Waals surface area (Å²) in [5.41, 5.74) is 1.67. The van der Waals surface area contributed by atoms with Gasteiger partial charge in [-0.1, -0.05) is 36.4 Å². The fraction of sp³-hybridized carbons (Fsp3) is 0.0769. The smallest absolute Gasteiger partial charge is 0.169 e. The second kappa shape index (κ2) is 4.85. The minimum absolute atomic E-state index is 0.753. The van der Waals surface area contributed by atoms with E-state index < -0.39 is 9.84 Å². The molecule has 0 saturated heterocycles. The number of rotatable bonds is 3. The molecule has 2 nitrogen and oxygen atoms in total. The van der Waals surface area contributed by atoms with Gasteiger partial charge in [-0.3, -0.25) is 0 Å². The number of benzene rings is 1. The Morgan fingerprint density at radius 1 is 1.12 bits per heavy atom. The van der Waals surface area contributed by atoms with E-state index in [4.69, 9.17) is 0 Å². The molecule has 1 aromatic carbocycles. The summed E-state index contributed by atoms with van der Waals surface area (Å²) < 4.78 is 22.9. The summed E-state index contributed by atoms with van der Waals surface area (Å²) >= 11 is 1.53. The highest BCUT2D eigenvalue weighted by Gasteiger charge is 2.09. The second-order valence-corrected chi connectivity index (χ2v) is 6.55. The van der Waals surface area contributed by atoms with Gasteiger partial charge in [-0.05, 0) is 17.0 Å². The van der Waals surface area contributed by atoms with Crippen LogP contribution in [0.1, 0.15) is 10.4 Å². The first-order valence-corrected chi connectivity index (χ1v) is 7.91. The first-order chi connectivity index (χ1) is 8.06. The van der Waals surface area contributed by atoms with Crippen LogP contribution in [-0.2, 0) is 9.84 Å². The van der Waals surface area contributed by atoms with Crippen LogP contribution in [0.25, 0.3) is 5.57 Å². The van der Waals surface area contributed by atoms with Gasteiger partial charge in [0.25, 0.3) is 0 Å². The maximum Gasteiger partial charge on any atom is 0.169 e. The molecule has 0 atom stereocenters. The van der Waals surface area contributed by atoms with E-state index in [1.807, 2.05) is 47.8 Å². The van der Waals surface area contributed by atoms with Crippen molar-refractivity contribution in [1.82, 2.24) is 0 Å². The topological polar surface area (TPSA) is 34.1 Å². The van der Waals surface area contributed by atoms with Gasteiger partial charge in [0.15, 0.2) is 9.84 Å². The van der Waals surface area contributed by atoms with E-state index in [2.05, 4.69) is 0 Å². The normalized spacial score (nSPS) is 12.6. The Bertz CT molecular complexity index is 609. The average Bonchev–Trinajstić information content (AvgIpc) is 2.79. The summed E-state index contributed by atoms with van der Waals surface area (Å²) in [6.07, 6.45) is 1.21. The molecular weight excluding hydrogens is 252 g/mol. The van der Waals surface area contributed by atoms with Crippen molar-refractivity contribution in [2.75, 3.05) is 6.26 Å². The monoisotopic (exact) mass is 264 g/mol. The summed E-state index contributed by atoms with van der Waals surface area (Å²) in [6, 6.07) is 13.4. The van der Waals surface area contributed by atoms with Crippen LogP contribution in [0.3, 0.4) is 0 Å². The van der Waals surface area contributed by atoms with Gasteiger partial charge in [-0.25, -0.2) is 8.42 Å². The third kappa shape index (κ3) is 3.28. The SMILES string of the molecule is CS(=O)(=O)C=C(c1ccccc1)c1cccs1. The Labute approximate surface area is 105 Å². The number of hydrogen-bond acceptors (Lipinski definition) is 3. The fourth-order valence-electron chi connectivity index (χ4n) is 1.53. The molecule has 2 rings (SSSR count). The molecule has 0 aliphatic heterocycles. The summed E-state index contributed by atoms with van der Waals surface area (Å²) in [4.78, 5) is 0.960. The van der Waals surface area contributed by atoms with E-state index in [0.29, 0.717) is 0 Å². The van der Waals surface area contributed by atoms with Gasteiger partial charge >= 0.3 is 0 Å². The van der Waals surface area contributed by atoms with Gasteiger partial charge < -0.3 is 0 Å². The number of sulfone groups is 1. The van der Waals surface area contributed by atoms with E-state index in [0.717, 1.165) is 16.0 Å². The van der Waals surface area contributed by atoms with Crippen molar-refractivity contribution < 1.29 is 8.42 Å². The van der Waals surface area contributed by atoms with Gasteiger partial charge in [0, 0.05) is 22.1 Å². The summed E-state index contributed by atoms with van der Waals surface area (Å²) in [5, 5.41) is 3.27. The lowest BCUT2D eigenvalue weighted by Gasteiger charge is -2.04. The van der Waals surface area contributed by atoms with Crippen molar-refractivity contribution in [2.45, 2.75) is 0 Å². The van der Waals surface area contributed by atoms with Crippen LogP contribution in [0.4, 0.5) is 0 Å². The summed E-state index contributed by atoms with van der Waals surface area (Å²) in [7, 11) is -3.15.